The summed E-state index contributed by atoms with van der Waals surface area (Å²) in [6.45, 7) is 7.01. The maximum Gasteiger partial charge on any atom is 0.255 e. The Labute approximate surface area is 115 Å². The van der Waals surface area contributed by atoms with Gasteiger partial charge >= 0.3 is 0 Å². The van der Waals surface area contributed by atoms with Crippen LogP contribution < -0.4 is 10.1 Å². The number of rotatable bonds is 4. The van der Waals surface area contributed by atoms with Crippen LogP contribution >= 0.6 is 0 Å². The summed E-state index contributed by atoms with van der Waals surface area (Å²) >= 11 is 0. The Kier molecular flexibility index (Phi) is 4.13. The first-order chi connectivity index (χ1) is 9.02. The van der Waals surface area contributed by atoms with Crippen molar-refractivity contribution in [3.8, 4) is 5.75 Å². The Balaban J connectivity index is 2.04. The van der Waals surface area contributed by atoms with E-state index < -0.39 is 0 Å². The second-order valence-electron chi connectivity index (χ2n) is 6.01. The highest BCUT2D eigenvalue weighted by Gasteiger charge is 2.32. The molecule has 1 amide bonds. The van der Waals surface area contributed by atoms with E-state index >= 15 is 0 Å². The number of hydrogen-bond acceptors (Lipinski definition) is 2. The van der Waals surface area contributed by atoms with Crippen LogP contribution in [-0.4, -0.2) is 18.6 Å². The summed E-state index contributed by atoms with van der Waals surface area (Å²) in [7, 11) is 0. The van der Waals surface area contributed by atoms with Crippen LogP contribution in [0.1, 0.15) is 50.4 Å². The topological polar surface area (TPSA) is 38.3 Å². The summed E-state index contributed by atoms with van der Waals surface area (Å²) in [5.74, 6) is 0.645. The average Bonchev–Trinajstić information content (AvgIpc) is 2.69. The summed E-state index contributed by atoms with van der Waals surface area (Å²) in [6.07, 6.45) is 3.29. The minimum absolute atomic E-state index is 0.0215. The summed E-state index contributed by atoms with van der Waals surface area (Å²) < 4.78 is 5.50. The van der Waals surface area contributed by atoms with Gasteiger partial charge in [0.1, 0.15) is 5.75 Å². The van der Waals surface area contributed by atoms with Crippen LogP contribution in [0, 0.1) is 5.41 Å². The van der Waals surface area contributed by atoms with E-state index in [4.69, 9.17) is 4.74 Å². The van der Waals surface area contributed by atoms with E-state index in [9.17, 15) is 4.79 Å². The second-order valence-corrected chi connectivity index (χ2v) is 6.01. The van der Waals surface area contributed by atoms with Gasteiger partial charge in [0, 0.05) is 6.04 Å². The summed E-state index contributed by atoms with van der Waals surface area (Å²) in [6, 6.07) is 7.71. The zero-order chi connectivity index (χ0) is 13.9. The van der Waals surface area contributed by atoms with Crippen LogP contribution in [0.25, 0.3) is 0 Å². The molecule has 0 radical (unpaired) electrons. The number of carbonyl (C=O) groups excluding carboxylic acids is 1. The summed E-state index contributed by atoms with van der Waals surface area (Å²) in [5.41, 5.74) is 0.978. The lowest BCUT2D eigenvalue weighted by Crippen LogP contribution is -2.33. The molecule has 1 atom stereocenters. The normalized spacial score (nSPS) is 21.1. The maximum absolute atomic E-state index is 12.3. The van der Waals surface area contributed by atoms with Crippen molar-refractivity contribution < 1.29 is 9.53 Å². The second kappa shape index (κ2) is 5.64. The Morgan fingerprint density at radius 2 is 2.16 bits per heavy atom. The van der Waals surface area contributed by atoms with E-state index in [-0.39, 0.29) is 11.9 Å². The molecule has 0 aromatic heterocycles. The zero-order valence-corrected chi connectivity index (χ0v) is 12.0. The predicted octanol–water partition coefficient (Wildman–Crippen LogP) is 3.39. The Bertz CT molecular complexity index is 454. The fourth-order valence-corrected chi connectivity index (χ4v) is 2.76. The fourth-order valence-electron chi connectivity index (χ4n) is 2.76. The van der Waals surface area contributed by atoms with Gasteiger partial charge in [-0.05, 0) is 43.7 Å². The number of hydrogen-bond donors (Lipinski definition) is 1. The van der Waals surface area contributed by atoms with Gasteiger partial charge in [0.15, 0.2) is 0 Å². The van der Waals surface area contributed by atoms with Crippen LogP contribution in [0.3, 0.4) is 0 Å². The molecule has 1 saturated carbocycles. The average molecular weight is 261 g/mol. The Hall–Kier alpha value is -1.51. The van der Waals surface area contributed by atoms with Crippen LogP contribution in [0.15, 0.2) is 24.3 Å². The number of carbonyl (C=O) groups is 1. The zero-order valence-electron chi connectivity index (χ0n) is 12.0. The third-order valence-corrected chi connectivity index (χ3v) is 3.74. The minimum Gasteiger partial charge on any atom is -0.493 e. The van der Waals surface area contributed by atoms with Gasteiger partial charge in [-0.1, -0.05) is 26.0 Å². The van der Waals surface area contributed by atoms with Gasteiger partial charge in [-0.15, -0.1) is 0 Å². The molecule has 3 nitrogen and oxygen atoms in total. The van der Waals surface area contributed by atoms with Crippen molar-refractivity contribution in [1.29, 1.82) is 0 Å². The highest BCUT2D eigenvalue weighted by Crippen LogP contribution is 2.37. The van der Waals surface area contributed by atoms with Crippen LogP contribution in [0.4, 0.5) is 0 Å². The van der Waals surface area contributed by atoms with Crippen molar-refractivity contribution in [1.82, 2.24) is 5.32 Å². The number of para-hydroxylation sites is 1. The Morgan fingerprint density at radius 1 is 1.42 bits per heavy atom. The lowest BCUT2D eigenvalue weighted by atomic mass is 9.92. The maximum atomic E-state index is 12.3. The smallest absolute Gasteiger partial charge is 0.255 e. The molecule has 0 aliphatic heterocycles. The lowest BCUT2D eigenvalue weighted by molar-refractivity contribution is 0.0932. The molecule has 19 heavy (non-hydrogen) atoms. The standard InChI is InChI=1S/C16H23NO2/c1-4-19-14-8-6-5-7-13(14)15(18)17-12-9-10-16(2,3)11-12/h5-8,12H,4,9-11H2,1-3H3,(H,17,18). The van der Waals surface area contributed by atoms with Crippen molar-refractivity contribution in [3.63, 3.8) is 0 Å². The van der Waals surface area contributed by atoms with Gasteiger partial charge in [-0.25, -0.2) is 0 Å². The van der Waals surface area contributed by atoms with E-state index in [0.29, 0.717) is 23.3 Å². The molecule has 1 aliphatic rings. The van der Waals surface area contributed by atoms with Gasteiger partial charge in [-0.3, -0.25) is 4.79 Å². The molecule has 0 bridgehead atoms. The number of ether oxygens (including phenoxy) is 1. The van der Waals surface area contributed by atoms with Crippen molar-refractivity contribution in [2.24, 2.45) is 5.41 Å². The van der Waals surface area contributed by atoms with E-state index in [1.807, 2.05) is 31.2 Å². The first-order valence-electron chi connectivity index (χ1n) is 7.04. The van der Waals surface area contributed by atoms with Crippen LogP contribution in [0.5, 0.6) is 5.75 Å². The third-order valence-electron chi connectivity index (χ3n) is 3.74. The molecule has 0 saturated heterocycles. The fraction of sp³-hybridized carbons (Fsp3) is 0.562. The molecule has 3 heteroatoms. The largest absolute Gasteiger partial charge is 0.493 e. The molecule has 1 aromatic rings. The van der Waals surface area contributed by atoms with Gasteiger partial charge < -0.3 is 10.1 Å². The number of nitrogens with one attached hydrogen (secondary N) is 1. The quantitative estimate of drug-likeness (QED) is 0.902. The third kappa shape index (κ3) is 3.49. The van der Waals surface area contributed by atoms with Gasteiger partial charge in [0.25, 0.3) is 5.91 Å². The molecular weight excluding hydrogens is 238 g/mol. The number of benzene rings is 1. The first-order valence-corrected chi connectivity index (χ1v) is 7.04. The number of amides is 1. The van der Waals surface area contributed by atoms with Gasteiger partial charge in [-0.2, -0.15) is 0 Å². The molecular formula is C16H23NO2. The molecule has 1 fully saturated rings. The first kappa shape index (κ1) is 13.9. The molecule has 1 unspecified atom stereocenters. The molecule has 0 spiro atoms. The highest BCUT2D eigenvalue weighted by molar-refractivity contribution is 5.97. The highest BCUT2D eigenvalue weighted by atomic mass is 16.5. The van der Waals surface area contributed by atoms with Gasteiger partial charge in [0.05, 0.1) is 12.2 Å². The molecule has 0 heterocycles. The van der Waals surface area contributed by atoms with E-state index in [1.54, 1.807) is 0 Å². The minimum atomic E-state index is -0.0215. The van der Waals surface area contributed by atoms with E-state index in [0.717, 1.165) is 12.8 Å². The lowest BCUT2D eigenvalue weighted by Gasteiger charge is -2.18. The molecule has 1 aliphatic carbocycles. The molecule has 1 N–H and O–H groups in total. The van der Waals surface area contributed by atoms with E-state index in [2.05, 4.69) is 19.2 Å². The van der Waals surface area contributed by atoms with Crippen molar-refractivity contribution in [3.05, 3.63) is 29.8 Å². The summed E-state index contributed by atoms with van der Waals surface area (Å²) in [4.78, 5) is 12.3. The summed E-state index contributed by atoms with van der Waals surface area (Å²) in [5, 5.41) is 3.13. The van der Waals surface area contributed by atoms with Crippen LogP contribution in [0.2, 0.25) is 0 Å². The van der Waals surface area contributed by atoms with Crippen molar-refractivity contribution >= 4 is 5.91 Å². The van der Waals surface area contributed by atoms with Crippen molar-refractivity contribution in [2.45, 2.75) is 46.1 Å². The SMILES string of the molecule is CCOc1ccccc1C(=O)NC1CCC(C)(C)C1. The van der Waals surface area contributed by atoms with Crippen molar-refractivity contribution in [2.75, 3.05) is 6.61 Å². The van der Waals surface area contributed by atoms with E-state index in [1.165, 1.54) is 6.42 Å². The van der Waals surface area contributed by atoms with Crippen LogP contribution in [-0.2, 0) is 0 Å². The molecule has 1 aromatic carbocycles. The predicted molar refractivity (Wildman–Crippen MR) is 76.5 cm³/mol. The Morgan fingerprint density at radius 3 is 2.79 bits per heavy atom. The molecule has 2 rings (SSSR count). The molecule has 104 valence electrons. The monoisotopic (exact) mass is 261 g/mol. The van der Waals surface area contributed by atoms with Gasteiger partial charge in [0.2, 0.25) is 0 Å².